The molecule has 1 amide bonds. The molecule has 24 heavy (non-hydrogen) atoms. The second-order valence-electron chi connectivity index (χ2n) is 5.49. The molecular formula is C15H20N2O5S2. The largest absolute Gasteiger partial charge is 0.481 e. The zero-order valence-electron chi connectivity index (χ0n) is 13.3. The molecule has 7 nitrogen and oxygen atoms in total. The number of sulfonamides is 1. The van der Waals surface area contributed by atoms with Crippen LogP contribution in [-0.2, 0) is 19.6 Å². The molecule has 1 aromatic rings. The van der Waals surface area contributed by atoms with Crippen LogP contribution in [0.25, 0.3) is 0 Å². The lowest BCUT2D eigenvalue weighted by Crippen LogP contribution is -2.50. The van der Waals surface area contributed by atoms with Crippen molar-refractivity contribution in [2.75, 3.05) is 31.6 Å². The van der Waals surface area contributed by atoms with Crippen molar-refractivity contribution in [3.05, 3.63) is 30.3 Å². The Morgan fingerprint density at radius 3 is 2.62 bits per heavy atom. The van der Waals surface area contributed by atoms with Crippen LogP contribution >= 0.6 is 11.8 Å². The van der Waals surface area contributed by atoms with E-state index < -0.39 is 22.0 Å². The second kappa shape index (κ2) is 8.00. The number of rotatable bonds is 6. The number of aliphatic carboxylic acids is 1. The lowest BCUT2D eigenvalue weighted by atomic mass is 10.2. The van der Waals surface area contributed by atoms with Crippen LogP contribution in [0, 0.1) is 0 Å². The third kappa shape index (κ3) is 4.49. The summed E-state index contributed by atoms with van der Waals surface area (Å²) in [5.41, 5.74) is 0. The number of hydrogen-bond acceptors (Lipinski definition) is 5. The van der Waals surface area contributed by atoms with Crippen molar-refractivity contribution in [3.63, 3.8) is 0 Å². The summed E-state index contributed by atoms with van der Waals surface area (Å²) in [7, 11) is -2.40. The van der Waals surface area contributed by atoms with Gasteiger partial charge >= 0.3 is 5.97 Å². The molecule has 1 aromatic carbocycles. The molecule has 1 N–H and O–H groups in total. The van der Waals surface area contributed by atoms with E-state index in [1.165, 1.54) is 24.1 Å². The van der Waals surface area contributed by atoms with E-state index in [2.05, 4.69) is 0 Å². The van der Waals surface area contributed by atoms with Gasteiger partial charge in [-0.15, -0.1) is 0 Å². The molecule has 0 saturated carbocycles. The van der Waals surface area contributed by atoms with Crippen molar-refractivity contribution >= 4 is 33.7 Å². The molecule has 1 heterocycles. The molecule has 1 fully saturated rings. The highest BCUT2D eigenvalue weighted by Gasteiger charge is 2.31. The summed E-state index contributed by atoms with van der Waals surface area (Å²) in [5, 5.41) is 8.97. The van der Waals surface area contributed by atoms with E-state index in [9.17, 15) is 18.0 Å². The van der Waals surface area contributed by atoms with Crippen LogP contribution in [0.2, 0.25) is 0 Å². The van der Waals surface area contributed by atoms with Gasteiger partial charge in [-0.05, 0) is 12.1 Å². The number of benzene rings is 1. The van der Waals surface area contributed by atoms with E-state index in [4.69, 9.17) is 5.11 Å². The first-order valence-corrected chi connectivity index (χ1v) is 10.0. The van der Waals surface area contributed by atoms with Crippen LogP contribution in [0.1, 0.15) is 6.42 Å². The number of hydrogen-bond donors (Lipinski definition) is 1. The van der Waals surface area contributed by atoms with Gasteiger partial charge in [-0.25, -0.2) is 8.42 Å². The van der Waals surface area contributed by atoms with Crippen molar-refractivity contribution < 1.29 is 23.1 Å². The van der Waals surface area contributed by atoms with Gasteiger partial charge in [0.15, 0.2) is 0 Å². The second-order valence-corrected chi connectivity index (χ2v) is 8.68. The topological polar surface area (TPSA) is 95.0 Å². The lowest BCUT2D eigenvalue weighted by molar-refractivity contribution is -0.140. The van der Waals surface area contributed by atoms with Gasteiger partial charge in [-0.2, -0.15) is 16.1 Å². The number of carbonyl (C=O) groups excluding carboxylic acids is 1. The normalized spacial score (nSPS) is 18.6. The molecule has 0 spiro atoms. The Morgan fingerprint density at radius 2 is 2.00 bits per heavy atom. The molecule has 1 aliphatic heterocycles. The summed E-state index contributed by atoms with van der Waals surface area (Å²) in [4.78, 5) is 25.1. The van der Waals surface area contributed by atoms with Gasteiger partial charge in [0.25, 0.3) is 0 Å². The molecule has 9 heteroatoms. The fourth-order valence-electron chi connectivity index (χ4n) is 2.49. The Bertz CT molecular complexity index is 693. The Balaban J connectivity index is 2.08. The number of nitrogens with zero attached hydrogens (tertiary/aromatic N) is 2. The third-order valence-corrected chi connectivity index (χ3v) is 6.68. The predicted molar refractivity (Wildman–Crippen MR) is 91.3 cm³/mol. The molecule has 1 atom stereocenters. The maximum absolute atomic E-state index is 12.5. The number of amides is 1. The van der Waals surface area contributed by atoms with Crippen LogP contribution < -0.4 is 0 Å². The maximum Gasteiger partial charge on any atom is 0.305 e. The van der Waals surface area contributed by atoms with E-state index in [-0.39, 0.29) is 23.8 Å². The highest BCUT2D eigenvalue weighted by Crippen LogP contribution is 2.20. The summed E-state index contributed by atoms with van der Waals surface area (Å²) in [6.45, 7) is 0.124. The van der Waals surface area contributed by atoms with Crippen LogP contribution in [0.5, 0.6) is 0 Å². The molecule has 1 aliphatic rings. The average Bonchev–Trinajstić information content (AvgIpc) is 2.55. The van der Waals surface area contributed by atoms with Crippen LogP contribution in [0.15, 0.2) is 35.2 Å². The van der Waals surface area contributed by atoms with Gasteiger partial charge in [0.2, 0.25) is 15.9 Å². The Kier molecular flexibility index (Phi) is 6.25. The molecule has 2 rings (SSSR count). The smallest absolute Gasteiger partial charge is 0.305 e. The minimum Gasteiger partial charge on any atom is -0.481 e. The van der Waals surface area contributed by atoms with Crippen molar-refractivity contribution in [2.45, 2.75) is 17.4 Å². The quantitative estimate of drug-likeness (QED) is 0.791. The highest BCUT2D eigenvalue weighted by atomic mass is 32.2. The highest BCUT2D eigenvalue weighted by molar-refractivity contribution is 7.99. The van der Waals surface area contributed by atoms with Gasteiger partial charge in [0.1, 0.15) is 0 Å². The van der Waals surface area contributed by atoms with E-state index in [0.717, 1.165) is 10.1 Å². The number of carboxylic acids is 1. The average molecular weight is 372 g/mol. The molecular weight excluding hydrogens is 352 g/mol. The zero-order chi connectivity index (χ0) is 17.7. The summed E-state index contributed by atoms with van der Waals surface area (Å²) in [6.07, 6.45) is -0.131. The molecule has 0 bridgehead atoms. The van der Waals surface area contributed by atoms with E-state index in [1.54, 1.807) is 30.0 Å². The van der Waals surface area contributed by atoms with Crippen molar-refractivity contribution in [1.29, 1.82) is 0 Å². The molecule has 1 unspecified atom stereocenters. The zero-order valence-corrected chi connectivity index (χ0v) is 14.9. The van der Waals surface area contributed by atoms with Crippen LogP contribution in [0.3, 0.4) is 0 Å². The number of likely N-dealkylation sites (N-methyl/N-ethyl adjacent to an activating group) is 1. The molecule has 1 saturated heterocycles. The van der Waals surface area contributed by atoms with Gasteiger partial charge in [0, 0.05) is 25.1 Å². The summed E-state index contributed by atoms with van der Waals surface area (Å²) >= 11 is 1.60. The lowest BCUT2D eigenvalue weighted by Gasteiger charge is -2.35. The fraction of sp³-hybridized carbons (Fsp3) is 0.467. The summed E-state index contributed by atoms with van der Waals surface area (Å²) in [5.74, 6) is -0.0707. The number of carboxylic acid groups (broad SMARTS) is 1. The molecule has 132 valence electrons. The minimum absolute atomic E-state index is 0.122. The number of thioether (sulfide) groups is 1. The van der Waals surface area contributed by atoms with E-state index in [0.29, 0.717) is 12.3 Å². The SMILES string of the molecule is CN(CC(=O)N1CCSCC1CC(=O)O)S(=O)(=O)c1ccccc1. The van der Waals surface area contributed by atoms with Crippen molar-refractivity contribution in [1.82, 2.24) is 9.21 Å². The molecule has 0 aliphatic carbocycles. The number of carbonyl (C=O) groups is 2. The standard InChI is InChI=1S/C15H20N2O5S2/c1-16(24(21,22)13-5-3-2-4-6-13)10-14(18)17-7-8-23-11-12(17)9-15(19)20/h2-6,12H,7-11H2,1H3,(H,19,20). The summed E-state index contributed by atoms with van der Waals surface area (Å²) in [6, 6.07) is 7.50. The van der Waals surface area contributed by atoms with Crippen LogP contribution in [-0.4, -0.2) is 72.3 Å². The Hall–Kier alpha value is -1.58. The van der Waals surface area contributed by atoms with Gasteiger partial charge in [-0.1, -0.05) is 18.2 Å². The predicted octanol–water partition coefficient (Wildman–Crippen LogP) is 0.726. The maximum atomic E-state index is 12.5. The van der Waals surface area contributed by atoms with E-state index in [1.807, 2.05) is 0 Å². The first kappa shape index (κ1) is 18.8. The fourth-order valence-corrected chi connectivity index (χ4v) is 4.70. The Labute approximate surface area is 145 Å². The molecule has 0 aromatic heterocycles. The van der Waals surface area contributed by atoms with Gasteiger partial charge in [0.05, 0.1) is 23.9 Å². The van der Waals surface area contributed by atoms with Gasteiger partial charge in [-0.3, -0.25) is 9.59 Å². The third-order valence-electron chi connectivity index (χ3n) is 3.77. The summed E-state index contributed by atoms with van der Waals surface area (Å²) < 4.78 is 25.9. The van der Waals surface area contributed by atoms with Gasteiger partial charge < -0.3 is 10.0 Å². The first-order valence-electron chi connectivity index (χ1n) is 7.42. The van der Waals surface area contributed by atoms with Crippen molar-refractivity contribution in [2.24, 2.45) is 0 Å². The molecule has 0 radical (unpaired) electrons. The monoisotopic (exact) mass is 372 g/mol. The van der Waals surface area contributed by atoms with Crippen LogP contribution in [0.4, 0.5) is 0 Å². The van der Waals surface area contributed by atoms with Crippen molar-refractivity contribution in [3.8, 4) is 0 Å². The Morgan fingerprint density at radius 1 is 1.33 bits per heavy atom. The minimum atomic E-state index is -3.75. The van der Waals surface area contributed by atoms with E-state index >= 15 is 0 Å². The first-order chi connectivity index (χ1) is 11.3.